The molecule has 0 nitrogen and oxygen atoms in total. The van der Waals surface area contributed by atoms with Crippen LogP contribution >= 0.6 is 0 Å². The van der Waals surface area contributed by atoms with Gasteiger partial charge in [-0.05, 0) is 24.2 Å². The molecule has 5 unspecified atom stereocenters. The van der Waals surface area contributed by atoms with Crippen LogP contribution in [0.15, 0.2) is 36.0 Å². The third-order valence-electron chi connectivity index (χ3n) is 4.46. The normalized spacial score (nSPS) is 45.2. The maximum Gasteiger partial charge on any atom is 0.0199 e. The first-order valence-corrected chi connectivity index (χ1v) is 6.32. The zero-order valence-electron chi connectivity index (χ0n) is 9.74. The lowest BCUT2D eigenvalue weighted by molar-refractivity contribution is 0.546. The fraction of sp³-hybridized carbons (Fsp3) is 0.600. The van der Waals surface area contributed by atoms with Gasteiger partial charge < -0.3 is 0 Å². The van der Waals surface area contributed by atoms with Crippen molar-refractivity contribution in [1.29, 1.82) is 0 Å². The van der Waals surface area contributed by atoms with E-state index in [2.05, 4.69) is 38.7 Å². The van der Waals surface area contributed by atoms with Gasteiger partial charge in [0.25, 0.3) is 0 Å². The van der Waals surface area contributed by atoms with Gasteiger partial charge in [0, 0.05) is 11.8 Å². The second-order valence-electron chi connectivity index (χ2n) is 5.46. The third-order valence-corrected chi connectivity index (χ3v) is 4.46. The molecule has 0 bridgehead atoms. The summed E-state index contributed by atoms with van der Waals surface area (Å²) in [5.41, 5.74) is 3.43. The highest BCUT2D eigenvalue weighted by Gasteiger charge is 2.56. The quantitative estimate of drug-likeness (QED) is 0.605. The summed E-state index contributed by atoms with van der Waals surface area (Å²) < 4.78 is 0. The van der Waals surface area contributed by atoms with Gasteiger partial charge in [-0.3, -0.25) is 0 Å². The van der Waals surface area contributed by atoms with Crippen molar-refractivity contribution in [2.75, 3.05) is 0 Å². The van der Waals surface area contributed by atoms with Crippen LogP contribution in [0.4, 0.5) is 0 Å². The van der Waals surface area contributed by atoms with E-state index in [1.807, 2.05) is 0 Å². The van der Waals surface area contributed by atoms with E-state index in [0.717, 1.165) is 23.7 Å². The minimum atomic E-state index is 0.691. The molecule has 0 radical (unpaired) electrons. The Morgan fingerprint density at radius 1 is 1.60 bits per heavy atom. The van der Waals surface area contributed by atoms with E-state index in [-0.39, 0.29) is 0 Å². The summed E-state index contributed by atoms with van der Waals surface area (Å²) in [6.07, 6.45) is 9.89. The number of allylic oxidation sites excluding steroid dienone is 5. The van der Waals surface area contributed by atoms with Crippen molar-refractivity contribution in [3.05, 3.63) is 36.0 Å². The maximum atomic E-state index is 4.03. The molecule has 0 N–H and O–H groups in total. The predicted molar refractivity (Wildman–Crippen MR) is 64.4 cm³/mol. The standard InChI is InChI=1S/C15H20/c1-4-9(3)6-11-10(5-2)12-7-14(12)15-8-13(11)15/h5-6,8-10,12-14H,2,4,7H2,1,3H3/b11-6-. The smallest absolute Gasteiger partial charge is 0.0199 e. The number of rotatable bonds is 3. The van der Waals surface area contributed by atoms with Crippen LogP contribution in [-0.2, 0) is 0 Å². The summed E-state index contributed by atoms with van der Waals surface area (Å²) in [5.74, 6) is 4.05. The second kappa shape index (κ2) is 3.10. The summed E-state index contributed by atoms with van der Waals surface area (Å²) in [5, 5.41) is 0. The number of hydrogen-bond donors (Lipinski definition) is 0. The molecule has 3 aliphatic carbocycles. The Labute approximate surface area is 92.8 Å². The Kier molecular flexibility index (Phi) is 1.95. The Morgan fingerprint density at radius 3 is 3.07 bits per heavy atom. The van der Waals surface area contributed by atoms with Gasteiger partial charge in [0.15, 0.2) is 0 Å². The predicted octanol–water partition coefficient (Wildman–Crippen LogP) is 3.97. The van der Waals surface area contributed by atoms with E-state index >= 15 is 0 Å². The average molecular weight is 200 g/mol. The van der Waals surface area contributed by atoms with Gasteiger partial charge in [-0.2, -0.15) is 0 Å². The van der Waals surface area contributed by atoms with Gasteiger partial charge in [0.2, 0.25) is 0 Å². The molecule has 0 spiro atoms. The topological polar surface area (TPSA) is 0 Å². The minimum absolute atomic E-state index is 0.691. The van der Waals surface area contributed by atoms with Crippen molar-refractivity contribution in [2.24, 2.45) is 29.6 Å². The van der Waals surface area contributed by atoms with Crippen LogP contribution in [0, 0.1) is 29.6 Å². The molecule has 0 heteroatoms. The molecule has 0 aliphatic heterocycles. The van der Waals surface area contributed by atoms with E-state index in [9.17, 15) is 0 Å². The fourth-order valence-corrected chi connectivity index (χ4v) is 3.21. The van der Waals surface area contributed by atoms with E-state index < -0.39 is 0 Å². The molecule has 15 heavy (non-hydrogen) atoms. The molecular formula is C15H20. The molecule has 3 rings (SSSR count). The first kappa shape index (κ1) is 9.45. The van der Waals surface area contributed by atoms with Crippen molar-refractivity contribution in [3.8, 4) is 0 Å². The van der Waals surface area contributed by atoms with E-state index in [4.69, 9.17) is 0 Å². The summed E-state index contributed by atoms with van der Waals surface area (Å²) in [6, 6.07) is 0. The molecule has 0 saturated heterocycles. The van der Waals surface area contributed by atoms with Crippen molar-refractivity contribution >= 4 is 0 Å². The highest BCUT2D eigenvalue weighted by atomic mass is 14.6. The molecule has 0 heterocycles. The lowest BCUT2D eigenvalue weighted by Gasteiger charge is -2.23. The first-order valence-electron chi connectivity index (χ1n) is 6.32. The largest absolute Gasteiger partial charge is 0.102 e. The lowest BCUT2D eigenvalue weighted by atomic mass is 9.81. The Morgan fingerprint density at radius 2 is 2.40 bits per heavy atom. The van der Waals surface area contributed by atoms with Crippen molar-refractivity contribution in [3.63, 3.8) is 0 Å². The highest BCUT2D eigenvalue weighted by Crippen LogP contribution is 2.65. The van der Waals surface area contributed by atoms with Gasteiger partial charge in [0.1, 0.15) is 0 Å². The maximum absolute atomic E-state index is 4.03. The zero-order valence-corrected chi connectivity index (χ0v) is 9.74. The number of hydrogen-bond acceptors (Lipinski definition) is 0. The lowest BCUT2D eigenvalue weighted by Crippen LogP contribution is -2.14. The van der Waals surface area contributed by atoms with Gasteiger partial charge >= 0.3 is 0 Å². The summed E-state index contributed by atoms with van der Waals surface area (Å²) in [4.78, 5) is 0. The molecule has 0 aromatic rings. The van der Waals surface area contributed by atoms with Crippen molar-refractivity contribution in [2.45, 2.75) is 26.7 Å². The SMILES string of the molecule is C=CC1/C(=C/C(C)CC)C2C=C2C2CC21. The Bertz CT molecular complexity index is 358. The molecule has 80 valence electrons. The summed E-state index contributed by atoms with van der Waals surface area (Å²) in [6.45, 7) is 8.63. The van der Waals surface area contributed by atoms with Gasteiger partial charge in [-0.25, -0.2) is 0 Å². The molecular weight excluding hydrogens is 180 g/mol. The number of fused-ring (bicyclic) bond motifs is 3. The first-order chi connectivity index (χ1) is 7.26. The summed E-state index contributed by atoms with van der Waals surface area (Å²) >= 11 is 0. The van der Waals surface area contributed by atoms with Crippen LogP contribution < -0.4 is 0 Å². The van der Waals surface area contributed by atoms with E-state index in [1.165, 1.54) is 12.8 Å². The average Bonchev–Trinajstić information content (AvgIpc) is 3.07. The molecule has 0 aromatic heterocycles. The van der Waals surface area contributed by atoms with Crippen LogP contribution in [0.2, 0.25) is 0 Å². The molecule has 5 atom stereocenters. The molecule has 3 aliphatic rings. The van der Waals surface area contributed by atoms with Crippen LogP contribution in [0.25, 0.3) is 0 Å². The molecule has 2 fully saturated rings. The van der Waals surface area contributed by atoms with Crippen LogP contribution in [-0.4, -0.2) is 0 Å². The van der Waals surface area contributed by atoms with Gasteiger partial charge in [-0.15, -0.1) is 6.58 Å². The van der Waals surface area contributed by atoms with Gasteiger partial charge in [-0.1, -0.05) is 49.6 Å². The molecule has 2 saturated carbocycles. The van der Waals surface area contributed by atoms with Crippen LogP contribution in [0.1, 0.15) is 26.7 Å². The zero-order chi connectivity index (χ0) is 10.6. The minimum Gasteiger partial charge on any atom is -0.102 e. The molecule has 0 amide bonds. The molecule has 0 aromatic carbocycles. The highest BCUT2D eigenvalue weighted by molar-refractivity contribution is 5.51. The van der Waals surface area contributed by atoms with Crippen molar-refractivity contribution in [1.82, 2.24) is 0 Å². The Balaban J connectivity index is 1.86. The summed E-state index contributed by atoms with van der Waals surface area (Å²) in [7, 11) is 0. The van der Waals surface area contributed by atoms with E-state index in [0.29, 0.717) is 5.92 Å². The van der Waals surface area contributed by atoms with Gasteiger partial charge in [0.05, 0.1) is 0 Å². The fourth-order valence-electron chi connectivity index (χ4n) is 3.21. The van der Waals surface area contributed by atoms with E-state index in [1.54, 1.807) is 11.1 Å². The monoisotopic (exact) mass is 200 g/mol. The second-order valence-corrected chi connectivity index (χ2v) is 5.46. The Hall–Kier alpha value is -0.780. The van der Waals surface area contributed by atoms with Crippen LogP contribution in [0.5, 0.6) is 0 Å². The van der Waals surface area contributed by atoms with Crippen LogP contribution in [0.3, 0.4) is 0 Å². The van der Waals surface area contributed by atoms with Crippen molar-refractivity contribution < 1.29 is 0 Å². The third kappa shape index (κ3) is 1.34.